The van der Waals surface area contributed by atoms with Crippen molar-refractivity contribution in [3.05, 3.63) is 81.1 Å². The van der Waals surface area contributed by atoms with E-state index in [-0.39, 0.29) is 70.1 Å². The van der Waals surface area contributed by atoms with Crippen LogP contribution in [0.25, 0.3) is 20.7 Å². The van der Waals surface area contributed by atoms with Gasteiger partial charge in [0.1, 0.15) is 21.0 Å². The largest absolute Gasteiger partial charge is 0.348 e. The molecule has 0 spiro atoms. The number of hydrogen-bond donors (Lipinski definition) is 3. The first-order valence-electron chi connectivity index (χ1n) is 22.2. The Kier molecular flexibility index (Phi) is 16.9. The molecule has 0 radical (unpaired) electrons. The third-order valence-corrected chi connectivity index (χ3v) is 12.5. The van der Waals surface area contributed by atoms with Gasteiger partial charge in [-0.25, -0.2) is 28.7 Å². The van der Waals surface area contributed by atoms with Crippen molar-refractivity contribution in [2.75, 3.05) is 50.1 Å². The minimum atomic E-state index is -0.437. The number of thiazole rings is 2. The van der Waals surface area contributed by atoms with Crippen LogP contribution in [0.5, 0.6) is 0 Å². The SMILES string of the molecule is CC(C)(C)CC(=O)Cl.Cc1nc2nc(N[C@@H](C)c3cncc(F)c3)nc(C(=O)N3CCN(C(=O)CC(C)(C)C)C3)c2s1.Cc1nc2nc(N[C@@H](C)c3cncc(F)c3)nc(C(=O)N3CCNC3)c2s1. The summed E-state index contributed by atoms with van der Waals surface area (Å²) in [7, 11) is 0. The normalized spacial score (nSPS) is 14.8. The average molecular weight is 1010 g/mol. The molecule has 3 N–H and O–H groups in total. The van der Waals surface area contributed by atoms with E-state index in [0.717, 1.165) is 29.0 Å². The van der Waals surface area contributed by atoms with Crippen LogP contribution in [-0.2, 0) is 9.59 Å². The van der Waals surface area contributed by atoms with Gasteiger partial charge in [-0.05, 0) is 73.4 Å². The summed E-state index contributed by atoms with van der Waals surface area (Å²) in [6.45, 7) is 22.4. The smallest absolute Gasteiger partial charge is 0.275 e. The highest BCUT2D eigenvalue weighted by Crippen LogP contribution is 2.30. The van der Waals surface area contributed by atoms with Crippen molar-refractivity contribution < 1.29 is 28.0 Å². The van der Waals surface area contributed by atoms with Crippen LogP contribution >= 0.6 is 34.3 Å². The second-order valence-corrected chi connectivity index (χ2v) is 21.9. The van der Waals surface area contributed by atoms with E-state index in [4.69, 9.17) is 11.6 Å². The maximum absolute atomic E-state index is 13.6. The molecule has 8 heterocycles. The molecule has 2 saturated heterocycles. The molecule has 69 heavy (non-hydrogen) atoms. The molecule has 368 valence electrons. The number of hydrogen-bond acceptors (Lipinski definition) is 17. The van der Waals surface area contributed by atoms with Gasteiger partial charge in [-0.2, -0.15) is 9.97 Å². The van der Waals surface area contributed by atoms with E-state index >= 15 is 0 Å². The van der Waals surface area contributed by atoms with Crippen LogP contribution in [0.4, 0.5) is 20.7 Å². The molecule has 0 saturated carbocycles. The number of amides is 3. The molecule has 2 atom stereocenters. The second kappa shape index (κ2) is 22.2. The summed E-state index contributed by atoms with van der Waals surface area (Å²) in [5.74, 6) is -0.746. The summed E-state index contributed by atoms with van der Waals surface area (Å²) in [4.78, 5) is 88.7. The molecule has 2 aliphatic heterocycles. The number of fused-ring (bicyclic) bond motifs is 2. The van der Waals surface area contributed by atoms with E-state index in [1.165, 1.54) is 34.8 Å². The quantitative estimate of drug-likeness (QED) is 0.111. The van der Waals surface area contributed by atoms with Gasteiger partial charge in [0, 0.05) is 51.4 Å². The number of anilines is 2. The molecule has 18 nitrogen and oxygen atoms in total. The van der Waals surface area contributed by atoms with Crippen molar-refractivity contribution in [2.45, 2.75) is 94.2 Å². The predicted molar refractivity (Wildman–Crippen MR) is 263 cm³/mol. The Hall–Kier alpha value is -5.97. The average Bonchev–Trinajstić information content (AvgIpc) is 4.09. The fourth-order valence-electron chi connectivity index (χ4n) is 7.08. The topological polar surface area (TPSA) is 217 Å². The molecular formula is C46H57ClF2N14O4S2. The van der Waals surface area contributed by atoms with E-state index < -0.39 is 11.6 Å². The number of nitrogens with one attached hydrogen (secondary N) is 3. The highest BCUT2D eigenvalue weighted by atomic mass is 35.5. The van der Waals surface area contributed by atoms with Gasteiger partial charge in [0.2, 0.25) is 23.0 Å². The van der Waals surface area contributed by atoms with Gasteiger partial charge in [0.25, 0.3) is 11.8 Å². The van der Waals surface area contributed by atoms with Crippen molar-refractivity contribution in [1.29, 1.82) is 0 Å². The van der Waals surface area contributed by atoms with Crippen LogP contribution in [0.2, 0.25) is 0 Å². The number of nitrogens with zero attached hydrogens (tertiary/aromatic N) is 11. The number of halogens is 3. The molecule has 8 rings (SSSR count). The first-order chi connectivity index (χ1) is 32.4. The lowest BCUT2D eigenvalue weighted by Crippen LogP contribution is -2.35. The molecule has 2 fully saturated rings. The molecule has 3 amide bonds. The van der Waals surface area contributed by atoms with Crippen LogP contribution in [-0.4, -0.2) is 117 Å². The second-order valence-electron chi connectivity index (χ2n) is 19.1. The van der Waals surface area contributed by atoms with Gasteiger partial charge in [-0.15, -0.1) is 22.7 Å². The molecule has 23 heteroatoms. The molecule has 0 bridgehead atoms. The zero-order valence-corrected chi connectivity index (χ0v) is 42.7. The lowest BCUT2D eigenvalue weighted by molar-refractivity contribution is -0.132. The number of rotatable bonds is 10. The van der Waals surface area contributed by atoms with Crippen LogP contribution in [0.3, 0.4) is 0 Å². The maximum atomic E-state index is 13.6. The highest BCUT2D eigenvalue weighted by Gasteiger charge is 2.33. The summed E-state index contributed by atoms with van der Waals surface area (Å²) in [6.07, 6.45) is 6.30. The van der Waals surface area contributed by atoms with Crippen molar-refractivity contribution in [1.82, 2.24) is 59.9 Å². The molecule has 0 unspecified atom stereocenters. The fraction of sp³-hybridized carbons (Fsp3) is 0.478. The minimum Gasteiger partial charge on any atom is -0.348 e. The highest BCUT2D eigenvalue weighted by molar-refractivity contribution is 7.19. The van der Waals surface area contributed by atoms with Crippen LogP contribution in [0.1, 0.15) is 122 Å². The molecule has 6 aromatic heterocycles. The van der Waals surface area contributed by atoms with E-state index in [0.29, 0.717) is 76.7 Å². The fourth-order valence-corrected chi connectivity index (χ4v) is 9.16. The van der Waals surface area contributed by atoms with Gasteiger partial charge >= 0.3 is 0 Å². The standard InChI is InChI=1S/C23H28FN7O2S.C17H18FN7OS.C6H11ClO/c1-13(15-8-16(24)11-25-10-15)26-22-28-18(19-20(29-22)27-14(2)34-19)21(33)31-7-6-30(12-31)17(32)9-23(3,4)5;1-9(11-5-12(18)7-20-6-11)21-17-23-13(16(26)25-4-3-19-8-25)14-15(24-17)22-10(2)27-14;1-6(2,3)4-5(7)8/h8,10-11,13H,6-7,9,12H2,1-5H3,(H,26,28,29);5-7,9,19H,3-4,8H2,1-2H3,(H,21,23,24);4H2,1-3H3/t13-;9-;/m00./s1. The lowest BCUT2D eigenvalue weighted by atomic mass is 9.92. The molecule has 0 aromatic carbocycles. The zero-order chi connectivity index (χ0) is 50.4. The Bertz CT molecular complexity index is 2830. The van der Waals surface area contributed by atoms with Gasteiger partial charge in [0.15, 0.2) is 22.7 Å². The summed E-state index contributed by atoms with van der Waals surface area (Å²) < 4.78 is 28.3. The van der Waals surface area contributed by atoms with E-state index in [1.807, 2.05) is 69.2 Å². The van der Waals surface area contributed by atoms with E-state index in [9.17, 15) is 28.0 Å². The van der Waals surface area contributed by atoms with Crippen molar-refractivity contribution in [2.24, 2.45) is 10.8 Å². The molecule has 2 aliphatic rings. The maximum Gasteiger partial charge on any atom is 0.275 e. The van der Waals surface area contributed by atoms with E-state index in [1.54, 1.807) is 27.1 Å². The summed E-state index contributed by atoms with van der Waals surface area (Å²) in [5.41, 5.74) is 2.68. The number of carbonyl (C=O) groups excluding carboxylic acids is 4. The molecule has 6 aromatic rings. The summed E-state index contributed by atoms with van der Waals surface area (Å²) in [5, 5.41) is 10.7. The Morgan fingerprint density at radius 2 is 1.14 bits per heavy atom. The summed E-state index contributed by atoms with van der Waals surface area (Å²) >= 11 is 7.88. The predicted octanol–water partition coefficient (Wildman–Crippen LogP) is 8.07. The van der Waals surface area contributed by atoms with Crippen molar-refractivity contribution >= 4 is 89.8 Å². The number of aryl methyl sites for hydroxylation is 2. The van der Waals surface area contributed by atoms with Gasteiger partial charge in [0.05, 0.1) is 47.8 Å². The van der Waals surface area contributed by atoms with Gasteiger partial charge < -0.3 is 25.3 Å². The molecule has 0 aliphatic carbocycles. The third-order valence-electron chi connectivity index (χ3n) is 10.4. The first-order valence-corrected chi connectivity index (χ1v) is 24.2. The van der Waals surface area contributed by atoms with Gasteiger partial charge in [-0.3, -0.25) is 34.5 Å². The zero-order valence-electron chi connectivity index (χ0n) is 40.3. The van der Waals surface area contributed by atoms with Crippen LogP contribution < -0.4 is 16.0 Å². The number of carbonyl (C=O) groups is 4. The first kappa shape index (κ1) is 52.4. The Morgan fingerprint density at radius 1 is 0.681 bits per heavy atom. The lowest BCUT2D eigenvalue weighted by Gasteiger charge is -2.23. The van der Waals surface area contributed by atoms with Crippen LogP contribution in [0, 0.1) is 36.3 Å². The van der Waals surface area contributed by atoms with Crippen molar-refractivity contribution in [3.63, 3.8) is 0 Å². The van der Waals surface area contributed by atoms with Crippen LogP contribution in [0.15, 0.2) is 36.9 Å². The number of aromatic nitrogens is 8. The summed E-state index contributed by atoms with van der Waals surface area (Å²) in [6, 6.07) is 2.15. The third kappa shape index (κ3) is 14.5. The minimum absolute atomic E-state index is 0.0316. The van der Waals surface area contributed by atoms with E-state index in [2.05, 4.69) is 55.8 Å². The van der Waals surface area contributed by atoms with Crippen molar-refractivity contribution in [3.8, 4) is 0 Å². The monoisotopic (exact) mass is 1010 g/mol. The molecular weight excluding hydrogens is 950 g/mol. The number of pyridine rings is 2. The van der Waals surface area contributed by atoms with Gasteiger partial charge in [-0.1, -0.05) is 41.5 Å². The Balaban J connectivity index is 0.000000199. The Morgan fingerprint density at radius 3 is 1.55 bits per heavy atom. The Labute approximate surface area is 412 Å².